The second kappa shape index (κ2) is 9.27. The van der Waals surface area contributed by atoms with E-state index >= 15 is 0 Å². The number of rotatable bonds is 6. The Morgan fingerprint density at radius 2 is 1.67 bits per heavy atom. The zero-order valence-corrected chi connectivity index (χ0v) is 18.4. The second-order valence-corrected chi connectivity index (χ2v) is 8.76. The molecule has 0 saturated carbocycles. The number of nitrogens with zero attached hydrogens (tertiary/aromatic N) is 3. The minimum absolute atomic E-state index is 0.0158. The van der Waals surface area contributed by atoms with Crippen molar-refractivity contribution in [1.82, 2.24) is 9.88 Å². The standard InChI is InChI=1S/C24H20F3N3O2S/c1-16-22(31)30(20-7-9-21(10-8-20)33-24(25,26)27)23(32)29(16)15-18-11-12-28-19(14-18)13-17-5-3-2-4-6-17/h2-12,14,16H,13,15H2,1H3. The van der Waals surface area contributed by atoms with E-state index in [4.69, 9.17) is 0 Å². The van der Waals surface area contributed by atoms with E-state index in [0.29, 0.717) is 6.42 Å². The van der Waals surface area contributed by atoms with Crippen LogP contribution in [0.3, 0.4) is 0 Å². The van der Waals surface area contributed by atoms with Gasteiger partial charge >= 0.3 is 11.5 Å². The molecule has 1 atom stereocenters. The highest BCUT2D eigenvalue weighted by atomic mass is 32.2. The molecule has 1 aromatic heterocycles. The minimum Gasteiger partial charge on any atom is -0.308 e. The zero-order chi connectivity index (χ0) is 23.6. The molecule has 4 rings (SSSR count). The van der Waals surface area contributed by atoms with E-state index in [2.05, 4.69) is 4.98 Å². The number of aromatic nitrogens is 1. The summed E-state index contributed by atoms with van der Waals surface area (Å²) < 4.78 is 37.7. The normalized spacial score (nSPS) is 16.5. The summed E-state index contributed by atoms with van der Waals surface area (Å²) in [6.07, 6.45) is 2.32. The quantitative estimate of drug-likeness (QED) is 0.345. The fourth-order valence-corrected chi connectivity index (χ4v) is 4.21. The van der Waals surface area contributed by atoms with Gasteiger partial charge in [0.15, 0.2) is 0 Å². The van der Waals surface area contributed by atoms with Crippen molar-refractivity contribution in [2.45, 2.75) is 36.3 Å². The Morgan fingerprint density at radius 3 is 2.33 bits per heavy atom. The van der Waals surface area contributed by atoms with E-state index in [1.165, 1.54) is 29.2 Å². The third kappa shape index (κ3) is 5.36. The lowest BCUT2D eigenvalue weighted by Gasteiger charge is -2.20. The van der Waals surface area contributed by atoms with Gasteiger partial charge in [-0.25, -0.2) is 9.69 Å². The summed E-state index contributed by atoms with van der Waals surface area (Å²) >= 11 is -0.246. The highest BCUT2D eigenvalue weighted by molar-refractivity contribution is 8.00. The molecule has 0 radical (unpaired) electrons. The highest BCUT2D eigenvalue weighted by Gasteiger charge is 2.43. The van der Waals surface area contributed by atoms with Gasteiger partial charge in [-0.2, -0.15) is 13.2 Å². The third-order valence-corrected chi connectivity index (χ3v) is 6.01. The molecule has 0 N–H and O–H groups in total. The van der Waals surface area contributed by atoms with Gasteiger partial charge in [-0.1, -0.05) is 30.3 Å². The largest absolute Gasteiger partial charge is 0.446 e. The van der Waals surface area contributed by atoms with Crippen molar-refractivity contribution in [1.29, 1.82) is 0 Å². The molecule has 33 heavy (non-hydrogen) atoms. The summed E-state index contributed by atoms with van der Waals surface area (Å²) in [7, 11) is 0. The number of urea groups is 1. The summed E-state index contributed by atoms with van der Waals surface area (Å²) in [5, 5.41) is 0. The Bertz CT molecular complexity index is 1150. The van der Waals surface area contributed by atoms with E-state index in [0.717, 1.165) is 21.7 Å². The van der Waals surface area contributed by atoms with Crippen molar-refractivity contribution >= 4 is 29.4 Å². The molecule has 9 heteroatoms. The summed E-state index contributed by atoms with van der Waals surface area (Å²) in [6.45, 7) is 1.86. The molecule has 170 valence electrons. The number of amides is 3. The number of imide groups is 1. The third-order valence-electron chi connectivity index (χ3n) is 5.27. The predicted molar refractivity (Wildman–Crippen MR) is 120 cm³/mol. The molecule has 1 aliphatic heterocycles. The Balaban J connectivity index is 1.49. The maximum Gasteiger partial charge on any atom is 0.446 e. The monoisotopic (exact) mass is 471 g/mol. The number of thioether (sulfide) groups is 1. The molecule has 1 saturated heterocycles. The lowest BCUT2D eigenvalue weighted by molar-refractivity contribution is -0.119. The molecule has 2 heterocycles. The predicted octanol–water partition coefficient (Wildman–Crippen LogP) is 5.64. The maximum atomic E-state index is 13.1. The van der Waals surface area contributed by atoms with Gasteiger partial charge in [-0.15, -0.1) is 0 Å². The molecule has 3 amide bonds. The minimum atomic E-state index is -4.41. The van der Waals surface area contributed by atoms with E-state index < -0.39 is 23.5 Å². The van der Waals surface area contributed by atoms with Crippen LogP contribution in [0.2, 0.25) is 0 Å². The van der Waals surface area contributed by atoms with E-state index in [1.807, 2.05) is 36.4 Å². The summed E-state index contributed by atoms with van der Waals surface area (Å²) in [6, 6.07) is 17.6. The van der Waals surface area contributed by atoms with Crippen LogP contribution in [-0.4, -0.2) is 33.4 Å². The van der Waals surface area contributed by atoms with Crippen LogP contribution in [0.4, 0.5) is 23.7 Å². The number of alkyl halides is 3. The number of benzene rings is 2. The summed E-state index contributed by atoms with van der Waals surface area (Å²) in [4.78, 5) is 32.7. The van der Waals surface area contributed by atoms with Crippen LogP contribution in [0.5, 0.6) is 0 Å². The summed E-state index contributed by atoms with van der Waals surface area (Å²) in [5.74, 6) is -0.421. The molecule has 5 nitrogen and oxygen atoms in total. The molecular formula is C24H20F3N3O2S. The summed E-state index contributed by atoms with van der Waals surface area (Å²) in [5.41, 5.74) is -1.37. The van der Waals surface area contributed by atoms with Crippen LogP contribution >= 0.6 is 11.8 Å². The first kappa shape index (κ1) is 22.8. The molecule has 2 aromatic carbocycles. The van der Waals surface area contributed by atoms with Crippen LogP contribution in [-0.2, 0) is 17.8 Å². The van der Waals surface area contributed by atoms with Crippen LogP contribution in [0.15, 0.2) is 77.8 Å². The van der Waals surface area contributed by atoms with Crippen molar-refractivity contribution in [3.8, 4) is 0 Å². The van der Waals surface area contributed by atoms with Crippen molar-refractivity contribution < 1.29 is 22.8 Å². The van der Waals surface area contributed by atoms with E-state index in [-0.39, 0.29) is 28.9 Å². The van der Waals surface area contributed by atoms with Gasteiger partial charge in [0.25, 0.3) is 5.91 Å². The Morgan fingerprint density at radius 1 is 0.970 bits per heavy atom. The molecule has 1 aliphatic rings. The molecule has 0 aliphatic carbocycles. The topological polar surface area (TPSA) is 53.5 Å². The molecule has 1 unspecified atom stereocenters. The first-order valence-corrected chi connectivity index (χ1v) is 11.0. The Labute approximate surface area is 193 Å². The number of carbonyl (C=O) groups excluding carboxylic acids is 2. The first-order valence-electron chi connectivity index (χ1n) is 10.2. The number of halogens is 3. The molecule has 3 aromatic rings. The number of carbonyl (C=O) groups is 2. The number of hydrogen-bond acceptors (Lipinski definition) is 4. The van der Waals surface area contributed by atoms with Crippen LogP contribution in [0.25, 0.3) is 0 Å². The number of pyridine rings is 1. The highest BCUT2D eigenvalue weighted by Crippen LogP contribution is 2.38. The SMILES string of the molecule is CC1C(=O)N(c2ccc(SC(F)(F)F)cc2)C(=O)N1Cc1ccnc(Cc2ccccc2)c1. The van der Waals surface area contributed by atoms with Gasteiger partial charge in [0.2, 0.25) is 0 Å². The van der Waals surface area contributed by atoms with Crippen molar-refractivity contribution in [2.24, 2.45) is 0 Å². The van der Waals surface area contributed by atoms with E-state index in [9.17, 15) is 22.8 Å². The maximum absolute atomic E-state index is 13.1. The zero-order valence-electron chi connectivity index (χ0n) is 17.6. The van der Waals surface area contributed by atoms with Crippen molar-refractivity contribution in [2.75, 3.05) is 4.90 Å². The van der Waals surface area contributed by atoms with Gasteiger partial charge in [0.05, 0.1) is 5.69 Å². The second-order valence-electron chi connectivity index (χ2n) is 7.62. The number of hydrogen-bond donors (Lipinski definition) is 0. The van der Waals surface area contributed by atoms with Crippen molar-refractivity contribution in [3.63, 3.8) is 0 Å². The molecular weight excluding hydrogens is 451 g/mol. The Kier molecular flexibility index (Phi) is 6.42. The van der Waals surface area contributed by atoms with Crippen molar-refractivity contribution in [3.05, 3.63) is 89.7 Å². The fraction of sp³-hybridized carbons (Fsp3) is 0.208. The smallest absolute Gasteiger partial charge is 0.308 e. The molecule has 0 spiro atoms. The van der Waals surface area contributed by atoms with Crippen LogP contribution in [0, 0.1) is 0 Å². The number of anilines is 1. The van der Waals surface area contributed by atoms with Gasteiger partial charge < -0.3 is 4.90 Å². The average Bonchev–Trinajstić information content (AvgIpc) is 2.98. The lowest BCUT2D eigenvalue weighted by Crippen LogP contribution is -2.33. The van der Waals surface area contributed by atoms with Gasteiger partial charge in [-0.3, -0.25) is 9.78 Å². The Hall–Kier alpha value is -3.33. The van der Waals surface area contributed by atoms with Gasteiger partial charge in [-0.05, 0) is 66.2 Å². The van der Waals surface area contributed by atoms with Gasteiger partial charge in [0, 0.05) is 29.8 Å². The lowest BCUT2D eigenvalue weighted by atomic mass is 10.1. The van der Waals surface area contributed by atoms with E-state index in [1.54, 1.807) is 19.2 Å². The fourth-order valence-electron chi connectivity index (χ4n) is 3.67. The van der Waals surface area contributed by atoms with Crippen LogP contribution in [0.1, 0.15) is 23.7 Å². The van der Waals surface area contributed by atoms with Crippen LogP contribution < -0.4 is 4.90 Å². The molecule has 1 fully saturated rings. The molecule has 0 bridgehead atoms. The first-order chi connectivity index (χ1) is 15.7. The van der Waals surface area contributed by atoms with Gasteiger partial charge in [0.1, 0.15) is 6.04 Å². The average molecular weight is 472 g/mol.